The van der Waals surface area contributed by atoms with Gasteiger partial charge in [0.05, 0.1) is 16.4 Å². The zero-order chi connectivity index (χ0) is 22.8. The van der Waals surface area contributed by atoms with Gasteiger partial charge in [-0.15, -0.1) is 0 Å². The Labute approximate surface area is 197 Å². The molecule has 4 aromatic carbocycles. The fourth-order valence-electron chi connectivity index (χ4n) is 5.38. The number of hydrogen-bond donors (Lipinski definition) is 0. The molecule has 3 heteroatoms. The Morgan fingerprint density at radius 3 is 2.03 bits per heavy atom. The minimum Gasteiger partial charge on any atom is -0.449 e. The van der Waals surface area contributed by atoms with Crippen molar-refractivity contribution in [1.29, 1.82) is 0 Å². The molecule has 162 valence electrons. The number of pyridine rings is 1. The molecule has 0 fully saturated rings. The summed E-state index contributed by atoms with van der Waals surface area (Å²) < 4.78 is 10.9. The molecule has 7 rings (SSSR count). The lowest BCUT2D eigenvalue weighted by molar-refractivity contribution is -0.659. The normalized spacial score (nSPS) is 11.8. The highest BCUT2D eigenvalue weighted by Gasteiger charge is 2.23. The van der Waals surface area contributed by atoms with Gasteiger partial charge in [0.15, 0.2) is 6.20 Å². The Morgan fingerprint density at radius 2 is 1.32 bits per heavy atom. The van der Waals surface area contributed by atoms with Crippen molar-refractivity contribution in [3.63, 3.8) is 0 Å². The Morgan fingerprint density at radius 1 is 0.676 bits per heavy atom. The molecule has 7 aromatic rings. The maximum absolute atomic E-state index is 6.37. The zero-order valence-electron chi connectivity index (χ0n) is 19.1. The van der Waals surface area contributed by atoms with Crippen molar-refractivity contribution in [3.8, 4) is 17.1 Å². The molecule has 3 aromatic heterocycles. The van der Waals surface area contributed by atoms with Crippen LogP contribution in [0.2, 0.25) is 0 Å². The quantitative estimate of drug-likeness (QED) is 0.256. The van der Waals surface area contributed by atoms with Gasteiger partial charge in [-0.2, -0.15) is 4.57 Å². The highest BCUT2D eigenvalue weighted by molar-refractivity contribution is 6.09. The Bertz CT molecular complexity index is 1830. The second kappa shape index (κ2) is 7.06. The van der Waals surface area contributed by atoms with Crippen molar-refractivity contribution in [2.75, 3.05) is 0 Å². The predicted molar refractivity (Wildman–Crippen MR) is 139 cm³/mol. The highest BCUT2D eigenvalue weighted by Crippen LogP contribution is 2.36. The molecule has 0 radical (unpaired) electrons. The third-order valence-electron chi connectivity index (χ3n) is 7.02. The number of rotatable bonds is 2. The first-order chi connectivity index (χ1) is 16.7. The van der Waals surface area contributed by atoms with E-state index in [1.165, 1.54) is 38.1 Å². The minimum absolute atomic E-state index is 0.925. The van der Waals surface area contributed by atoms with Crippen LogP contribution in [-0.2, 0) is 7.05 Å². The van der Waals surface area contributed by atoms with Gasteiger partial charge in [-0.05, 0) is 48.7 Å². The largest absolute Gasteiger partial charge is 0.449 e. The maximum atomic E-state index is 6.37. The van der Waals surface area contributed by atoms with E-state index in [-0.39, 0.29) is 0 Å². The van der Waals surface area contributed by atoms with E-state index in [1.807, 2.05) is 12.1 Å². The molecule has 0 amide bonds. The Balaban J connectivity index is 1.50. The molecule has 0 bridgehead atoms. The number of hydrogen-bond acceptors (Lipinski definition) is 1. The lowest BCUT2D eigenvalue weighted by Crippen LogP contribution is -2.30. The van der Waals surface area contributed by atoms with E-state index in [0.29, 0.717) is 0 Å². The van der Waals surface area contributed by atoms with E-state index < -0.39 is 0 Å². The van der Waals surface area contributed by atoms with Crippen LogP contribution < -0.4 is 4.57 Å². The van der Waals surface area contributed by atoms with E-state index in [9.17, 15) is 0 Å². The van der Waals surface area contributed by atoms with Crippen molar-refractivity contribution < 1.29 is 8.98 Å². The van der Waals surface area contributed by atoms with E-state index in [4.69, 9.17) is 4.42 Å². The van der Waals surface area contributed by atoms with Crippen LogP contribution in [0.1, 0.15) is 5.56 Å². The molecule has 0 N–H and O–H groups in total. The van der Waals surface area contributed by atoms with E-state index in [1.54, 1.807) is 0 Å². The summed E-state index contributed by atoms with van der Waals surface area (Å²) in [6.07, 6.45) is 2.12. The lowest BCUT2D eigenvalue weighted by atomic mass is 10.0. The second-order valence-electron chi connectivity index (χ2n) is 8.97. The van der Waals surface area contributed by atoms with Crippen molar-refractivity contribution in [1.82, 2.24) is 4.57 Å². The molecule has 0 saturated heterocycles. The summed E-state index contributed by atoms with van der Waals surface area (Å²) >= 11 is 0. The number of para-hydroxylation sites is 3. The van der Waals surface area contributed by atoms with Crippen LogP contribution in [0.3, 0.4) is 0 Å². The van der Waals surface area contributed by atoms with E-state index in [2.05, 4.69) is 114 Å². The third kappa shape index (κ3) is 2.61. The second-order valence-corrected chi connectivity index (χ2v) is 8.97. The molecule has 0 aliphatic rings. The van der Waals surface area contributed by atoms with Gasteiger partial charge in [0.1, 0.15) is 12.6 Å². The first-order valence-corrected chi connectivity index (χ1v) is 11.6. The molecular formula is C31H23N2O+. The number of aryl methyl sites for hydroxylation is 2. The molecule has 0 unspecified atom stereocenters. The van der Waals surface area contributed by atoms with Crippen molar-refractivity contribution in [3.05, 3.63) is 109 Å². The molecule has 0 aliphatic carbocycles. The number of nitrogens with zero attached hydrogens (tertiary/aromatic N) is 2. The van der Waals surface area contributed by atoms with Gasteiger partial charge < -0.3 is 8.98 Å². The summed E-state index contributed by atoms with van der Waals surface area (Å²) in [6, 6.07) is 34.5. The molecule has 3 nitrogen and oxygen atoms in total. The SMILES string of the molecule is Cc1c(-c2c3ccc(-n4c5ccccc5c5ccccc54)cc3cc[n+]2C)oc2ccccc12. The predicted octanol–water partition coefficient (Wildman–Crippen LogP) is 7.48. The fraction of sp³-hybridized carbons (Fsp3) is 0.0645. The Kier molecular flexibility index (Phi) is 3.97. The fourth-order valence-corrected chi connectivity index (χ4v) is 5.38. The molecule has 0 aliphatic heterocycles. The van der Waals surface area contributed by atoms with Gasteiger partial charge in [-0.25, -0.2) is 0 Å². The third-order valence-corrected chi connectivity index (χ3v) is 7.02. The van der Waals surface area contributed by atoms with Gasteiger partial charge >= 0.3 is 0 Å². The minimum atomic E-state index is 0.925. The van der Waals surface area contributed by atoms with Gasteiger partial charge in [0.25, 0.3) is 5.69 Å². The molecule has 0 spiro atoms. The zero-order valence-corrected chi connectivity index (χ0v) is 19.1. The van der Waals surface area contributed by atoms with Crippen molar-refractivity contribution in [2.24, 2.45) is 7.05 Å². The van der Waals surface area contributed by atoms with Gasteiger partial charge in [0, 0.05) is 33.5 Å². The van der Waals surface area contributed by atoms with Crippen LogP contribution in [0, 0.1) is 6.92 Å². The summed E-state index contributed by atoms with van der Waals surface area (Å²) in [7, 11) is 2.09. The summed E-state index contributed by atoms with van der Waals surface area (Å²) in [5, 5.41) is 6.08. The summed E-state index contributed by atoms with van der Waals surface area (Å²) in [4.78, 5) is 0. The van der Waals surface area contributed by atoms with Gasteiger partial charge in [0.2, 0.25) is 5.76 Å². The summed E-state index contributed by atoms with van der Waals surface area (Å²) in [5.74, 6) is 0.930. The standard InChI is InChI=1S/C31H23N2O/c1-20-23-9-5-8-14-29(23)34-31(20)30-24-16-15-22(19-21(24)17-18-32(30)2)33-27-12-6-3-10-25(27)26-11-4-7-13-28(26)33/h3-19H,1-2H3/q+1. The van der Waals surface area contributed by atoms with Crippen LogP contribution in [0.15, 0.2) is 108 Å². The lowest BCUT2D eigenvalue weighted by Gasteiger charge is -2.10. The molecule has 3 heterocycles. The highest BCUT2D eigenvalue weighted by atomic mass is 16.3. The topological polar surface area (TPSA) is 21.9 Å². The molecule has 0 atom stereocenters. The smallest absolute Gasteiger partial charge is 0.256 e. The maximum Gasteiger partial charge on any atom is 0.256 e. The van der Waals surface area contributed by atoms with Gasteiger partial charge in [-0.1, -0.05) is 54.6 Å². The van der Waals surface area contributed by atoms with Crippen LogP contribution >= 0.6 is 0 Å². The van der Waals surface area contributed by atoms with Crippen molar-refractivity contribution >= 4 is 43.5 Å². The van der Waals surface area contributed by atoms with Crippen LogP contribution in [-0.4, -0.2) is 4.57 Å². The number of benzene rings is 4. The average Bonchev–Trinajstić information content (AvgIpc) is 3.39. The van der Waals surface area contributed by atoms with Crippen molar-refractivity contribution in [2.45, 2.75) is 6.92 Å². The Hall–Kier alpha value is -4.37. The van der Waals surface area contributed by atoms with Crippen LogP contribution in [0.4, 0.5) is 0 Å². The average molecular weight is 440 g/mol. The van der Waals surface area contributed by atoms with E-state index >= 15 is 0 Å². The molecule has 0 saturated carbocycles. The number of fused-ring (bicyclic) bond motifs is 5. The first kappa shape index (κ1) is 19.1. The molecule has 34 heavy (non-hydrogen) atoms. The molecular weight excluding hydrogens is 416 g/mol. The summed E-state index contributed by atoms with van der Waals surface area (Å²) in [6.45, 7) is 2.15. The summed E-state index contributed by atoms with van der Waals surface area (Å²) in [5.41, 5.74) is 6.79. The number of aromatic nitrogens is 2. The monoisotopic (exact) mass is 439 g/mol. The first-order valence-electron chi connectivity index (χ1n) is 11.6. The van der Waals surface area contributed by atoms with E-state index in [0.717, 1.165) is 28.1 Å². The van der Waals surface area contributed by atoms with Crippen LogP contribution in [0.5, 0.6) is 0 Å². The van der Waals surface area contributed by atoms with Gasteiger partial charge in [-0.3, -0.25) is 0 Å². The van der Waals surface area contributed by atoms with Crippen LogP contribution in [0.25, 0.3) is 60.7 Å². The number of furan rings is 1.